The Morgan fingerprint density at radius 1 is 1.07 bits per heavy atom. The molecule has 0 aliphatic carbocycles. The molecule has 1 atom stereocenters. The molecule has 6 heteroatoms. The van der Waals surface area contributed by atoms with Crippen LogP contribution in [0.1, 0.15) is 41.4 Å². The van der Waals surface area contributed by atoms with Gasteiger partial charge in [0.1, 0.15) is 0 Å². The van der Waals surface area contributed by atoms with Gasteiger partial charge in [0, 0.05) is 30.7 Å². The Balaban J connectivity index is 1.76. The van der Waals surface area contributed by atoms with Gasteiger partial charge in [0.2, 0.25) is 5.95 Å². The number of nitrogen functional groups attached to an aromatic ring is 1. The molecule has 2 N–H and O–H groups in total. The van der Waals surface area contributed by atoms with Crippen molar-refractivity contribution in [2.75, 3.05) is 12.3 Å². The Bertz CT molecular complexity index is 930. The van der Waals surface area contributed by atoms with E-state index in [0.29, 0.717) is 12.1 Å². The molecule has 3 heterocycles. The fourth-order valence-corrected chi connectivity index (χ4v) is 3.62. The first-order valence-electron chi connectivity index (χ1n) is 9.13. The van der Waals surface area contributed by atoms with Crippen LogP contribution < -0.4 is 5.73 Å². The minimum Gasteiger partial charge on any atom is -0.368 e. The SMILES string of the molecule is Nc1ncc(-c2ccccc2)c(C2CCCCN2C(=O)c2cccnc2)n1. The van der Waals surface area contributed by atoms with E-state index in [2.05, 4.69) is 15.0 Å². The first-order chi connectivity index (χ1) is 13.2. The summed E-state index contributed by atoms with van der Waals surface area (Å²) in [6.07, 6.45) is 7.91. The topological polar surface area (TPSA) is 85.0 Å². The molecule has 3 aromatic rings. The highest BCUT2D eigenvalue weighted by Gasteiger charge is 2.32. The number of likely N-dealkylation sites (tertiary alicyclic amines) is 1. The number of hydrogen-bond donors (Lipinski definition) is 1. The number of benzene rings is 1. The third-order valence-corrected chi connectivity index (χ3v) is 4.91. The van der Waals surface area contributed by atoms with Gasteiger partial charge in [-0.15, -0.1) is 0 Å². The number of amides is 1. The predicted molar refractivity (Wildman–Crippen MR) is 104 cm³/mol. The Labute approximate surface area is 158 Å². The number of nitrogens with two attached hydrogens (primary N) is 1. The first-order valence-corrected chi connectivity index (χ1v) is 9.13. The van der Waals surface area contributed by atoms with E-state index in [1.807, 2.05) is 35.2 Å². The van der Waals surface area contributed by atoms with Crippen molar-refractivity contribution in [1.82, 2.24) is 19.9 Å². The number of carbonyl (C=O) groups is 1. The zero-order valence-corrected chi connectivity index (χ0v) is 15.0. The van der Waals surface area contributed by atoms with E-state index in [4.69, 9.17) is 5.73 Å². The molecule has 4 rings (SSSR count). The van der Waals surface area contributed by atoms with Crippen LogP contribution in [0.25, 0.3) is 11.1 Å². The molecule has 1 fully saturated rings. The molecule has 136 valence electrons. The standard InChI is InChI=1S/C21H21N5O/c22-21-24-14-17(15-7-2-1-3-8-15)19(25-21)18-10-4-5-12-26(18)20(27)16-9-6-11-23-13-16/h1-3,6-9,11,13-14,18H,4-5,10,12H2,(H2,22,24,25). The van der Waals surface area contributed by atoms with E-state index in [-0.39, 0.29) is 17.9 Å². The normalized spacial score (nSPS) is 16.9. The van der Waals surface area contributed by atoms with Crippen LogP contribution in [-0.2, 0) is 0 Å². The Morgan fingerprint density at radius 2 is 1.93 bits per heavy atom. The van der Waals surface area contributed by atoms with Crippen LogP contribution >= 0.6 is 0 Å². The minimum absolute atomic E-state index is 0.0241. The summed E-state index contributed by atoms with van der Waals surface area (Å²) in [7, 11) is 0. The van der Waals surface area contributed by atoms with Gasteiger partial charge in [0.25, 0.3) is 5.91 Å². The molecular weight excluding hydrogens is 338 g/mol. The third-order valence-electron chi connectivity index (χ3n) is 4.91. The lowest BCUT2D eigenvalue weighted by Crippen LogP contribution is -2.39. The van der Waals surface area contributed by atoms with Gasteiger partial charge in [-0.25, -0.2) is 9.97 Å². The van der Waals surface area contributed by atoms with Crippen molar-refractivity contribution in [1.29, 1.82) is 0 Å². The van der Waals surface area contributed by atoms with Gasteiger partial charge in [-0.05, 0) is 37.0 Å². The van der Waals surface area contributed by atoms with E-state index >= 15 is 0 Å². The van der Waals surface area contributed by atoms with Gasteiger partial charge >= 0.3 is 0 Å². The number of piperidine rings is 1. The molecule has 1 amide bonds. The second-order valence-corrected chi connectivity index (χ2v) is 6.64. The highest BCUT2D eigenvalue weighted by atomic mass is 16.2. The number of hydrogen-bond acceptors (Lipinski definition) is 5. The summed E-state index contributed by atoms with van der Waals surface area (Å²) in [4.78, 5) is 27.9. The molecule has 1 aliphatic heterocycles. The number of nitrogens with zero attached hydrogens (tertiary/aromatic N) is 4. The zero-order valence-electron chi connectivity index (χ0n) is 15.0. The Kier molecular flexibility index (Phi) is 4.78. The molecule has 27 heavy (non-hydrogen) atoms. The van der Waals surface area contributed by atoms with Gasteiger partial charge < -0.3 is 10.6 Å². The highest BCUT2D eigenvalue weighted by molar-refractivity contribution is 5.94. The van der Waals surface area contributed by atoms with Crippen LogP contribution in [0, 0.1) is 0 Å². The first kappa shape index (κ1) is 17.1. The maximum atomic E-state index is 13.1. The molecule has 0 bridgehead atoms. The molecule has 0 spiro atoms. The second-order valence-electron chi connectivity index (χ2n) is 6.64. The molecule has 0 saturated carbocycles. The Morgan fingerprint density at radius 3 is 2.70 bits per heavy atom. The zero-order chi connectivity index (χ0) is 18.6. The number of aromatic nitrogens is 3. The van der Waals surface area contributed by atoms with Gasteiger partial charge in [-0.1, -0.05) is 30.3 Å². The van der Waals surface area contributed by atoms with Gasteiger partial charge in [-0.3, -0.25) is 9.78 Å². The van der Waals surface area contributed by atoms with Gasteiger partial charge in [0.15, 0.2) is 0 Å². The number of rotatable bonds is 3. The van der Waals surface area contributed by atoms with E-state index in [9.17, 15) is 4.79 Å². The molecule has 1 aliphatic rings. The fourth-order valence-electron chi connectivity index (χ4n) is 3.62. The van der Waals surface area contributed by atoms with Crippen molar-refractivity contribution in [2.45, 2.75) is 25.3 Å². The lowest BCUT2D eigenvalue weighted by molar-refractivity contribution is 0.0606. The molecule has 1 saturated heterocycles. The van der Waals surface area contributed by atoms with E-state index in [1.54, 1.807) is 30.7 Å². The second kappa shape index (κ2) is 7.53. The van der Waals surface area contributed by atoms with E-state index < -0.39 is 0 Å². The monoisotopic (exact) mass is 359 g/mol. The molecule has 1 aromatic carbocycles. The summed E-state index contributed by atoms with van der Waals surface area (Å²) in [5.41, 5.74) is 9.25. The summed E-state index contributed by atoms with van der Waals surface area (Å²) in [6.45, 7) is 0.691. The van der Waals surface area contributed by atoms with E-state index in [0.717, 1.165) is 36.1 Å². The van der Waals surface area contributed by atoms with Gasteiger partial charge in [-0.2, -0.15) is 0 Å². The van der Waals surface area contributed by atoms with Crippen molar-refractivity contribution in [3.8, 4) is 11.1 Å². The molecule has 6 nitrogen and oxygen atoms in total. The van der Waals surface area contributed by atoms with Crippen molar-refractivity contribution >= 4 is 11.9 Å². The Hall–Kier alpha value is -3.28. The highest BCUT2D eigenvalue weighted by Crippen LogP contribution is 2.36. The summed E-state index contributed by atoms with van der Waals surface area (Å²) >= 11 is 0. The van der Waals surface area contributed by atoms with Crippen molar-refractivity contribution < 1.29 is 4.79 Å². The van der Waals surface area contributed by atoms with Crippen LogP contribution in [0.15, 0.2) is 61.1 Å². The average Bonchev–Trinajstić information content (AvgIpc) is 2.74. The van der Waals surface area contributed by atoms with Crippen molar-refractivity contribution in [2.24, 2.45) is 0 Å². The quantitative estimate of drug-likeness (QED) is 0.774. The molecular formula is C21H21N5O. The maximum absolute atomic E-state index is 13.1. The van der Waals surface area contributed by atoms with Crippen LogP contribution in [-0.4, -0.2) is 32.3 Å². The predicted octanol–water partition coefficient (Wildman–Crippen LogP) is 3.49. The van der Waals surface area contributed by atoms with Crippen LogP contribution in [0.4, 0.5) is 5.95 Å². The number of carbonyl (C=O) groups excluding carboxylic acids is 1. The largest absolute Gasteiger partial charge is 0.368 e. The van der Waals surface area contributed by atoms with E-state index in [1.165, 1.54) is 0 Å². The van der Waals surface area contributed by atoms with Crippen molar-refractivity contribution in [3.63, 3.8) is 0 Å². The molecule has 0 radical (unpaired) electrons. The third kappa shape index (κ3) is 3.51. The lowest BCUT2D eigenvalue weighted by Gasteiger charge is -2.36. The molecule has 1 unspecified atom stereocenters. The number of anilines is 1. The van der Waals surface area contributed by atoms with Crippen LogP contribution in [0.5, 0.6) is 0 Å². The maximum Gasteiger partial charge on any atom is 0.255 e. The summed E-state index contributed by atoms with van der Waals surface area (Å²) in [5, 5.41) is 0. The van der Waals surface area contributed by atoms with Crippen LogP contribution in [0.3, 0.4) is 0 Å². The minimum atomic E-state index is -0.132. The van der Waals surface area contributed by atoms with Crippen LogP contribution in [0.2, 0.25) is 0 Å². The summed E-state index contributed by atoms with van der Waals surface area (Å²) in [5.74, 6) is 0.202. The fraction of sp³-hybridized carbons (Fsp3) is 0.238. The average molecular weight is 359 g/mol. The lowest BCUT2D eigenvalue weighted by atomic mass is 9.93. The molecule has 2 aromatic heterocycles. The van der Waals surface area contributed by atoms with Gasteiger partial charge in [0.05, 0.1) is 17.3 Å². The van der Waals surface area contributed by atoms with Crippen molar-refractivity contribution in [3.05, 3.63) is 72.3 Å². The summed E-state index contributed by atoms with van der Waals surface area (Å²) in [6, 6.07) is 13.4. The smallest absolute Gasteiger partial charge is 0.255 e. The number of pyridine rings is 1. The summed E-state index contributed by atoms with van der Waals surface area (Å²) < 4.78 is 0.